The Morgan fingerprint density at radius 1 is 1.16 bits per heavy atom. The van der Waals surface area contributed by atoms with Crippen LogP contribution in [0.25, 0.3) is 0 Å². The van der Waals surface area contributed by atoms with Crippen LogP contribution in [0.4, 0.5) is 4.39 Å². The van der Waals surface area contributed by atoms with Crippen LogP contribution in [0.1, 0.15) is 18.1 Å². The quantitative estimate of drug-likeness (QED) is 0.838. The maximum atomic E-state index is 13.8. The van der Waals surface area contributed by atoms with Crippen molar-refractivity contribution in [2.24, 2.45) is 0 Å². The van der Waals surface area contributed by atoms with Gasteiger partial charge >= 0.3 is 5.97 Å². The van der Waals surface area contributed by atoms with Crippen molar-refractivity contribution >= 4 is 11.9 Å². The predicted molar refractivity (Wildman–Crippen MR) is 90.7 cm³/mol. The van der Waals surface area contributed by atoms with E-state index in [1.807, 2.05) is 30.3 Å². The summed E-state index contributed by atoms with van der Waals surface area (Å²) in [5.74, 6) is -1.95. The van der Waals surface area contributed by atoms with Gasteiger partial charge in [-0.25, -0.2) is 9.18 Å². The van der Waals surface area contributed by atoms with Gasteiger partial charge in [-0.3, -0.25) is 4.79 Å². The molecule has 2 rings (SSSR count). The van der Waals surface area contributed by atoms with Crippen molar-refractivity contribution in [2.45, 2.75) is 25.9 Å². The number of carbonyl (C=O) groups is 2. The van der Waals surface area contributed by atoms with Gasteiger partial charge in [0.25, 0.3) is 0 Å². The van der Waals surface area contributed by atoms with E-state index < -0.39 is 17.8 Å². The second-order valence-electron chi connectivity index (χ2n) is 5.67. The summed E-state index contributed by atoms with van der Waals surface area (Å²) < 4.78 is 18.6. The number of hydrogen-bond acceptors (Lipinski definition) is 3. The Balaban J connectivity index is 2.19. The third-order valence-electron chi connectivity index (χ3n) is 3.91. The minimum absolute atomic E-state index is 0.0919. The molecule has 25 heavy (non-hydrogen) atoms. The number of methoxy groups -OCH3 is 1. The van der Waals surface area contributed by atoms with Crippen LogP contribution in [0.2, 0.25) is 0 Å². The normalized spacial score (nSPS) is 11.6. The molecular formula is C19H20FNO4. The summed E-state index contributed by atoms with van der Waals surface area (Å²) in [6, 6.07) is 12.4. The number of rotatable bonds is 7. The first-order chi connectivity index (χ1) is 11.9. The van der Waals surface area contributed by atoms with Crippen LogP contribution < -0.4 is 4.74 Å². The third kappa shape index (κ3) is 4.79. The largest absolute Gasteiger partial charge is 0.494 e. The zero-order valence-electron chi connectivity index (χ0n) is 14.1. The van der Waals surface area contributed by atoms with Crippen molar-refractivity contribution in [2.75, 3.05) is 7.11 Å². The van der Waals surface area contributed by atoms with Crippen LogP contribution in [0.3, 0.4) is 0 Å². The lowest BCUT2D eigenvalue weighted by Crippen LogP contribution is -2.43. The van der Waals surface area contributed by atoms with Crippen LogP contribution in [-0.4, -0.2) is 35.0 Å². The van der Waals surface area contributed by atoms with Gasteiger partial charge < -0.3 is 14.7 Å². The second-order valence-corrected chi connectivity index (χ2v) is 5.67. The molecule has 0 fully saturated rings. The van der Waals surface area contributed by atoms with Gasteiger partial charge in [0.15, 0.2) is 11.6 Å². The Kier molecular flexibility index (Phi) is 6.11. The monoisotopic (exact) mass is 345 g/mol. The Morgan fingerprint density at radius 2 is 1.84 bits per heavy atom. The average Bonchev–Trinajstić information content (AvgIpc) is 2.60. The molecule has 2 aromatic carbocycles. The van der Waals surface area contributed by atoms with Gasteiger partial charge in [0, 0.05) is 6.54 Å². The van der Waals surface area contributed by atoms with Crippen molar-refractivity contribution in [3.63, 3.8) is 0 Å². The van der Waals surface area contributed by atoms with Gasteiger partial charge in [-0.1, -0.05) is 36.4 Å². The van der Waals surface area contributed by atoms with E-state index in [-0.39, 0.29) is 24.6 Å². The van der Waals surface area contributed by atoms with Crippen LogP contribution in [0.5, 0.6) is 5.75 Å². The predicted octanol–water partition coefficient (Wildman–Crippen LogP) is 2.88. The van der Waals surface area contributed by atoms with E-state index in [1.165, 1.54) is 31.1 Å². The summed E-state index contributed by atoms with van der Waals surface area (Å²) in [6.45, 7) is 1.63. The van der Waals surface area contributed by atoms with Gasteiger partial charge in [-0.15, -0.1) is 0 Å². The maximum Gasteiger partial charge on any atom is 0.326 e. The zero-order chi connectivity index (χ0) is 18.4. The van der Waals surface area contributed by atoms with Crippen molar-refractivity contribution < 1.29 is 23.8 Å². The first-order valence-electron chi connectivity index (χ1n) is 7.81. The Labute approximate surface area is 145 Å². The summed E-state index contributed by atoms with van der Waals surface area (Å²) in [6.07, 6.45) is -0.0919. The molecule has 6 heteroatoms. The zero-order valence-corrected chi connectivity index (χ0v) is 14.1. The lowest BCUT2D eigenvalue weighted by molar-refractivity contribution is -0.149. The SMILES string of the molecule is COc1ccc(CC(=O)N(Cc2ccccc2)C(C)C(=O)O)cc1F. The Morgan fingerprint density at radius 3 is 2.40 bits per heavy atom. The van der Waals surface area contributed by atoms with Gasteiger partial charge in [0.2, 0.25) is 5.91 Å². The number of nitrogens with zero attached hydrogens (tertiary/aromatic N) is 1. The lowest BCUT2D eigenvalue weighted by Gasteiger charge is -2.27. The highest BCUT2D eigenvalue weighted by molar-refractivity contribution is 5.84. The van der Waals surface area contributed by atoms with Gasteiger partial charge in [0.05, 0.1) is 13.5 Å². The number of carboxylic acid groups (broad SMARTS) is 1. The van der Waals surface area contributed by atoms with Crippen molar-refractivity contribution in [3.8, 4) is 5.75 Å². The number of halogens is 1. The standard InChI is InChI=1S/C19H20FNO4/c1-13(19(23)24)21(12-14-6-4-3-5-7-14)18(22)11-15-8-9-17(25-2)16(20)10-15/h3-10,13H,11-12H2,1-2H3,(H,23,24). The fourth-order valence-corrected chi connectivity index (χ4v) is 2.45. The molecule has 0 saturated carbocycles. The molecule has 0 aliphatic heterocycles. The number of ether oxygens (including phenoxy) is 1. The minimum atomic E-state index is -1.09. The summed E-state index contributed by atoms with van der Waals surface area (Å²) in [7, 11) is 1.36. The van der Waals surface area contributed by atoms with Gasteiger partial charge in [-0.05, 0) is 30.2 Å². The molecule has 0 heterocycles. The topological polar surface area (TPSA) is 66.8 Å². The molecule has 0 aliphatic rings. The summed E-state index contributed by atoms with van der Waals surface area (Å²) in [4.78, 5) is 25.3. The van der Waals surface area contributed by atoms with Crippen LogP contribution in [0.15, 0.2) is 48.5 Å². The van der Waals surface area contributed by atoms with E-state index >= 15 is 0 Å². The number of amides is 1. The van der Waals surface area contributed by atoms with E-state index in [4.69, 9.17) is 4.74 Å². The molecule has 1 atom stereocenters. The fraction of sp³-hybridized carbons (Fsp3) is 0.263. The number of hydrogen-bond donors (Lipinski definition) is 1. The highest BCUT2D eigenvalue weighted by Gasteiger charge is 2.25. The first kappa shape index (κ1) is 18.4. The van der Waals surface area contributed by atoms with Gasteiger partial charge in [0.1, 0.15) is 6.04 Å². The third-order valence-corrected chi connectivity index (χ3v) is 3.91. The molecule has 1 amide bonds. The van der Waals surface area contributed by atoms with E-state index in [9.17, 15) is 19.1 Å². The molecular weight excluding hydrogens is 325 g/mol. The minimum Gasteiger partial charge on any atom is -0.494 e. The summed E-state index contributed by atoms with van der Waals surface area (Å²) in [5, 5.41) is 9.29. The highest BCUT2D eigenvalue weighted by atomic mass is 19.1. The molecule has 0 bridgehead atoms. The Bertz CT molecular complexity index is 748. The Hall–Kier alpha value is -2.89. The summed E-state index contributed by atoms with van der Waals surface area (Å²) in [5.41, 5.74) is 1.28. The second kappa shape index (κ2) is 8.28. The smallest absolute Gasteiger partial charge is 0.326 e. The fourth-order valence-electron chi connectivity index (χ4n) is 2.45. The van der Waals surface area contributed by atoms with E-state index in [0.29, 0.717) is 5.56 Å². The van der Waals surface area contributed by atoms with Crippen molar-refractivity contribution in [1.29, 1.82) is 0 Å². The molecule has 132 valence electrons. The van der Waals surface area contributed by atoms with Gasteiger partial charge in [-0.2, -0.15) is 0 Å². The van der Waals surface area contributed by atoms with Crippen LogP contribution in [-0.2, 0) is 22.6 Å². The number of carboxylic acids is 1. The molecule has 0 aliphatic carbocycles. The molecule has 0 radical (unpaired) electrons. The van der Waals surface area contributed by atoms with E-state index in [1.54, 1.807) is 6.07 Å². The average molecular weight is 345 g/mol. The molecule has 5 nitrogen and oxygen atoms in total. The van der Waals surface area contributed by atoms with Crippen molar-refractivity contribution in [3.05, 3.63) is 65.5 Å². The molecule has 2 aromatic rings. The highest BCUT2D eigenvalue weighted by Crippen LogP contribution is 2.19. The summed E-state index contributed by atoms with van der Waals surface area (Å²) >= 11 is 0. The first-order valence-corrected chi connectivity index (χ1v) is 7.81. The molecule has 0 saturated heterocycles. The van der Waals surface area contributed by atoms with E-state index in [2.05, 4.69) is 0 Å². The van der Waals surface area contributed by atoms with E-state index in [0.717, 1.165) is 5.56 Å². The molecule has 1 N–H and O–H groups in total. The van der Waals surface area contributed by atoms with Crippen LogP contribution in [0, 0.1) is 5.82 Å². The maximum absolute atomic E-state index is 13.8. The number of aliphatic carboxylic acids is 1. The van der Waals surface area contributed by atoms with Crippen LogP contribution >= 0.6 is 0 Å². The number of carbonyl (C=O) groups excluding carboxylic acids is 1. The number of benzene rings is 2. The molecule has 0 spiro atoms. The van der Waals surface area contributed by atoms with Crippen molar-refractivity contribution in [1.82, 2.24) is 4.90 Å². The lowest BCUT2D eigenvalue weighted by atomic mass is 10.1. The molecule has 0 aromatic heterocycles. The molecule has 1 unspecified atom stereocenters.